The van der Waals surface area contributed by atoms with E-state index in [2.05, 4.69) is 30.8 Å². The average Bonchev–Trinajstić information content (AvgIpc) is 2.58. The summed E-state index contributed by atoms with van der Waals surface area (Å²) in [6.07, 6.45) is 5.96. The van der Waals surface area contributed by atoms with E-state index in [-0.39, 0.29) is 12.4 Å². The second-order valence-electron chi connectivity index (χ2n) is 5.43. The number of fused-ring (bicyclic) bond motifs is 1. The molecular weight excluding hydrogens is 230 g/mol. The van der Waals surface area contributed by atoms with Crippen LogP contribution >= 0.6 is 12.4 Å². The first kappa shape index (κ1) is 12.7. The Morgan fingerprint density at radius 2 is 1.82 bits per heavy atom. The van der Waals surface area contributed by atoms with Crippen molar-refractivity contribution in [3.05, 3.63) is 42.0 Å². The number of hydrogen-bond donors (Lipinski definition) is 1. The molecule has 2 aliphatic rings. The van der Waals surface area contributed by atoms with Gasteiger partial charge in [0.2, 0.25) is 0 Å². The van der Waals surface area contributed by atoms with Gasteiger partial charge in [-0.2, -0.15) is 0 Å². The van der Waals surface area contributed by atoms with Crippen LogP contribution in [0.2, 0.25) is 0 Å². The van der Waals surface area contributed by atoms with Crippen molar-refractivity contribution in [2.45, 2.75) is 38.1 Å². The third-order valence-electron chi connectivity index (χ3n) is 4.50. The van der Waals surface area contributed by atoms with Gasteiger partial charge in [-0.1, -0.05) is 30.8 Å². The van der Waals surface area contributed by atoms with Crippen LogP contribution in [0.25, 0.3) is 5.57 Å². The fourth-order valence-corrected chi connectivity index (χ4v) is 3.40. The first-order valence-electron chi connectivity index (χ1n) is 6.24. The number of hydrogen-bond acceptors (Lipinski definition) is 1. The largest absolute Gasteiger partial charge is 0.328 e. The second-order valence-corrected chi connectivity index (χ2v) is 5.43. The monoisotopic (exact) mass is 249 g/mol. The number of nitrogens with two attached hydrogens (primary N) is 1. The highest BCUT2D eigenvalue weighted by Gasteiger charge is 2.42. The molecule has 1 aromatic carbocycles. The van der Waals surface area contributed by atoms with Crippen molar-refractivity contribution in [2.24, 2.45) is 11.1 Å². The summed E-state index contributed by atoms with van der Waals surface area (Å²) in [4.78, 5) is 0. The third-order valence-corrected chi connectivity index (χ3v) is 4.50. The van der Waals surface area contributed by atoms with Crippen molar-refractivity contribution >= 4 is 18.0 Å². The van der Waals surface area contributed by atoms with Crippen LogP contribution in [0.3, 0.4) is 0 Å². The molecule has 0 radical (unpaired) electrons. The highest BCUT2D eigenvalue weighted by Crippen LogP contribution is 2.53. The van der Waals surface area contributed by atoms with E-state index in [4.69, 9.17) is 5.73 Å². The van der Waals surface area contributed by atoms with E-state index in [0.717, 1.165) is 12.8 Å². The van der Waals surface area contributed by atoms with Gasteiger partial charge < -0.3 is 5.73 Å². The molecule has 3 rings (SSSR count). The lowest BCUT2D eigenvalue weighted by molar-refractivity contribution is 0.257. The lowest BCUT2D eigenvalue weighted by Crippen LogP contribution is -2.33. The van der Waals surface area contributed by atoms with Crippen LogP contribution in [-0.4, -0.2) is 6.04 Å². The Balaban J connectivity index is 0.00000108. The number of rotatable bonds is 0. The van der Waals surface area contributed by atoms with Gasteiger partial charge in [-0.15, -0.1) is 12.4 Å². The topological polar surface area (TPSA) is 26.0 Å². The maximum Gasteiger partial charge on any atom is 0.00394 e. The molecule has 0 amide bonds. The molecule has 0 heterocycles. The van der Waals surface area contributed by atoms with Crippen molar-refractivity contribution in [2.75, 3.05) is 0 Å². The van der Waals surface area contributed by atoms with Crippen LogP contribution in [0.4, 0.5) is 0 Å². The van der Waals surface area contributed by atoms with E-state index in [1.165, 1.54) is 36.0 Å². The molecule has 1 spiro atoms. The Labute approximate surface area is 110 Å². The van der Waals surface area contributed by atoms with Crippen LogP contribution < -0.4 is 5.73 Å². The molecule has 92 valence electrons. The normalized spacial score (nSPS) is 31.1. The number of allylic oxidation sites excluding steroid dienone is 1. The van der Waals surface area contributed by atoms with Gasteiger partial charge in [0.25, 0.3) is 0 Å². The summed E-state index contributed by atoms with van der Waals surface area (Å²) in [5.41, 5.74) is 10.6. The van der Waals surface area contributed by atoms with Crippen LogP contribution in [0.15, 0.2) is 30.8 Å². The van der Waals surface area contributed by atoms with E-state index in [9.17, 15) is 0 Å². The lowest BCUT2D eigenvalue weighted by atomic mass is 9.69. The van der Waals surface area contributed by atoms with Crippen molar-refractivity contribution in [1.29, 1.82) is 0 Å². The molecule has 17 heavy (non-hydrogen) atoms. The van der Waals surface area contributed by atoms with Gasteiger partial charge >= 0.3 is 0 Å². The molecule has 0 saturated heterocycles. The summed E-state index contributed by atoms with van der Waals surface area (Å²) in [6.45, 7) is 4.36. The summed E-state index contributed by atoms with van der Waals surface area (Å²) >= 11 is 0. The van der Waals surface area contributed by atoms with Gasteiger partial charge in [0.15, 0.2) is 0 Å². The van der Waals surface area contributed by atoms with Gasteiger partial charge in [-0.3, -0.25) is 0 Å². The summed E-state index contributed by atoms with van der Waals surface area (Å²) in [6, 6.07) is 9.16. The first-order chi connectivity index (χ1) is 7.71. The minimum absolute atomic E-state index is 0. The van der Waals surface area contributed by atoms with E-state index in [1.807, 2.05) is 0 Å². The van der Waals surface area contributed by atoms with Crippen molar-refractivity contribution in [3.8, 4) is 0 Å². The maximum absolute atomic E-state index is 6.01. The Morgan fingerprint density at radius 3 is 2.47 bits per heavy atom. The SMILES string of the molecule is C=C1c2ccccc2CC12CCC(N)CC2.Cl. The Bertz CT molecular complexity index is 430. The fraction of sp³-hybridized carbons (Fsp3) is 0.467. The molecule has 0 aromatic heterocycles. The highest BCUT2D eigenvalue weighted by molar-refractivity contribution is 5.85. The molecular formula is C15H20ClN. The Kier molecular flexibility index (Phi) is 3.33. The molecule has 0 atom stereocenters. The van der Waals surface area contributed by atoms with Crippen molar-refractivity contribution in [1.82, 2.24) is 0 Å². The molecule has 2 N–H and O–H groups in total. The van der Waals surface area contributed by atoms with Gasteiger partial charge in [0, 0.05) is 6.04 Å². The quantitative estimate of drug-likeness (QED) is 0.748. The van der Waals surface area contributed by atoms with Crippen LogP contribution in [0.1, 0.15) is 36.8 Å². The lowest BCUT2D eigenvalue weighted by Gasteiger charge is -2.37. The second kappa shape index (κ2) is 4.47. The third kappa shape index (κ3) is 1.92. The zero-order valence-electron chi connectivity index (χ0n) is 10.1. The molecule has 1 fully saturated rings. The van der Waals surface area contributed by atoms with Gasteiger partial charge in [0.05, 0.1) is 0 Å². The van der Waals surface area contributed by atoms with Crippen LogP contribution in [-0.2, 0) is 6.42 Å². The minimum Gasteiger partial charge on any atom is -0.328 e. The Hall–Kier alpha value is -0.790. The zero-order chi connectivity index (χ0) is 11.2. The Morgan fingerprint density at radius 1 is 1.18 bits per heavy atom. The predicted octanol–water partition coefficient (Wildman–Crippen LogP) is 3.57. The minimum atomic E-state index is 0. The maximum atomic E-state index is 6.01. The predicted molar refractivity (Wildman–Crippen MR) is 75.3 cm³/mol. The van der Waals surface area contributed by atoms with Gasteiger partial charge in [0.1, 0.15) is 0 Å². The van der Waals surface area contributed by atoms with Crippen molar-refractivity contribution < 1.29 is 0 Å². The molecule has 0 aliphatic heterocycles. The van der Waals surface area contributed by atoms with E-state index < -0.39 is 0 Å². The van der Waals surface area contributed by atoms with E-state index >= 15 is 0 Å². The summed E-state index contributed by atoms with van der Waals surface area (Å²) < 4.78 is 0. The zero-order valence-corrected chi connectivity index (χ0v) is 10.9. The number of halogens is 1. The van der Waals surface area contributed by atoms with Crippen LogP contribution in [0, 0.1) is 5.41 Å². The fourth-order valence-electron chi connectivity index (χ4n) is 3.40. The molecule has 0 unspecified atom stereocenters. The van der Waals surface area contributed by atoms with E-state index in [0.29, 0.717) is 11.5 Å². The number of benzene rings is 1. The van der Waals surface area contributed by atoms with E-state index in [1.54, 1.807) is 0 Å². The molecule has 0 bridgehead atoms. The van der Waals surface area contributed by atoms with Crippen molar-refractivity contribution in [3.63, 3.8) is 0 Å². The molecule has 1 aromatic rings. The van der Waals surface area contributed by atoms with Gasteiger partial charge in [-0.25, -0.2) is 0 Å². The summed E-state index contributed by atoms with van der Waals surface area (Å²) in [5.74, 6) is 0. The highest BCUT2D eigenvalue weighted by atomic mass is 35.5. The molecule has 1 nitrogen and oxygen atoms in total. The molecule has 1 saturated carbocycles. The average molecular weight is 250 g/mol. The summed E-state index contributed by atoms with van der Waals surface area (Å²) in [7, 11) is 0. The first-order valence-corrected chi connectivity index (χ1v) is 6.24. The van der Waals surface area contributed by atoms with Crippen LogP contribution in [0.5, 0.6) is 0 Å². The molecule has 2 aliphatic carbocycles. The summed E-state index contributed by atoms with van der Waals surface area (Å²) in [5, 5.41) is 0. The molecule has 2 heteroatoms. The standard InChI is InChI=1S/C15H19N.ClH/c1-11-14-5-3-2-4-12(14)10-15(11)8-6-13(16)7-9-15;/h2-5,13H,1,6-10,16H2;1H. The smallest absolute Gasteiger partial charge is 0.00394 e. The van der Waals surface area contributed by atoms with Gasteiger partial charge in [-0.05, 0) is 54.2 Å².